The van der Waals surface area contributed by atoms with Gasteiger partial charge in [-0.2, -0.15) is 4.31 Å². The van der Waals surface area contributed by atoms with E-state index < -0.39 is 16.1 Å². The Morgan fingerprint density at radius 3 is 2.45 bits per heavy atom. The van der Waals surface area contributed by atoms with E-state index in [1.54, 1.807) is 24.4 Å². The minimum absolute atomic E-state index is 0.148. The minimum atomic E-state index is -3.61. The van der Waals surface area contributed by atoms with Crippen molar-refractivity contribution >= 4 is 15.9 Å². The maximum atomic E-state index is 13.1. The summed E-state index contributed by atoms with van der Waals surface area (Å²) in [7, 11) is -1.74. The van der Waals surface area contributed by atoms with E-state index in [1.165, 1.54) is 10.4 Å². The van der Waals surface area contributed by atoms with Gasteiger partial charge >= 0.3 is 0 Å². The Morgan fingerprint density at radius 1 is 1.03 bits per heavy atom. The summed E-state index contributed by atoms with van der Waals surface area (Å²) in [5, 5.41) is 3.02. The fourth-order valence-corrected chi connectivity index (χ4v) is 5.43. The second-order valence-corrected chi connectivity index (χ2v) is 9.64. The number of nitrogens with zero attached hydrogens (tertiary/aromatic N) is 3. The maximum Gasteiger partial charge on any atom is 0.252 e. The maximum absolute atomic E-state index is 13.1. The first-order valence-electron chi connectivity index (χ1n) is 10.4. The van der Waals surface area contributed by atoms with Crippen molar-refractivity contribution in [3.63, 3.8) is 0 Å². The lowest BCUT2D eigenvalue weighted by Crippen LogP contribution is -2.36. The van der Waals surface area contributed by atoms with Crippen LogP contribution in [0, 0.1) is 0 Å². The van der Waals surface area contributed by atoms with E-state index in [0.29, 0.717) is 24.5 Å². The summed E-state index contributed by atoms with van der Waals surface area (Å²) in [5.74, 6) is 0.337. The number of amides is 1. The lowest BCUT2D eigenvalue weighted by molar-refractivity contribution is 0.0941. The normalized spacial score (nSPS) is 16.0. The monoisotopic (exact) mass is 438 g/mol. The van der Waals surface area contributed by atoms with Crippen molar-refractivity contribution in [2.45, 2.75) is 30.2 Å². The van der Waals surface area contributed by atoms with E-state index in [9.17, 15) is 13.2 Å². The molecule has 1 atom stereocenters. The third-order valence-corrected chi connectivity index (χ3v) is 7.47. The highest BCUT2D eigenvalue weighted by atomic mass is 32.2. The molecule has 0 bridgehead atoms. The summed E-state index contributed by atoms with van der Waals surface area (Å²) >= 11 is 0. The highest BCUT2D eigenvalue weighted by Crippen LogP contribution is 2.23. The summed E-state index contributed by atoms with van der Waals surface area (Å²) in [6.45, 7) is 1.04. The molecule has 1 aliphatic rings. The lowest BCUT2D eigenvalue weighted by Gasteiger charge is -2.26. The van der Waals surface area contributed by atoms with E-state index in [-0.39, 0.29) is 10.8 Å². The third-order valence-electron chi connectivity index (χ3n) is 5.57. The van der Waals surface area contributed by atoms with Gasteiger partial charge in [0.25, 0.3) is 5.91 Å². The quantitative estimate of drug-likeness (QED) is 0.641. The Labute approximate surface area is 182 Å². The van der Waals surface area contributed by atoms with Crippen molar-refractivity contribution in [1.29, 1.82) is 0 Å². The molecule has 0 saturated carbocycles. The molecule has 0 spiro atoms. The molecule has 0 aliphatic carbocycles. The van der Waals surface area contributed by atoms with Gasteiger partial charge in [-0.25, -0.2) is 13.4 Å². The number of piperidine rings is 1. The number of rotatable bonds is 6. The lowest BCUT2D eigenvalue weighted by atomic mass is 10.1. The fraction of sp³-hybridized carbons (Fsp3) is 0.304. The van der Waals surface area contributed by atoms with Gasteiger partial charge in [-0.3, -0.25) is 4.79 Å². The topological polar surface area (TPSA) is 84.3 Å². The summed E-state index contributed by atoms with van der Waals surface area (Å²) in [4.78, 5) is 17.7. The summed E-state index contributed by atoms with van der Waals surface area (Å²) in [6, 6.07) is 15.4. The zero-order chi connectivity index (χ0) is 21.8. The molecule has 1 N–H and O–H groups in total. The number of nitrogens with one attached hydrogen (secondary N) is 1. The first-order chi connectivity index (χ1) is 15.0. The van der Waals surface area contributed by atoms with Crippen molar-refractivity contribution in [2.24, 2.45) is 7.05 Å². The molecule has 1 aliphatic heterocycles. The number of carbonyl (C=O) groups is 1. The van der Waals surface area contributed by atoms with Gasteiger partial charge in [0.2, 0.25) is 10.0 Å². The predicted octanol–water partition coefficient (Wildman–Crippen LogP) is 3.11. The molecule has 3 aromatic rings. The highest BCUT2D eigenvalue weighted by Gasteiger charge is 2.27. The molecule has 4 rings (SSSR count). The number of carbonyl (C=O) groups excluding carboxylic acids is 1. The summed E-state index contributed by atoms with van der Waals surface area (Å²) in [6.07, 6.45) is 6.28. The van der Waals surface area contributed by atoms with Gasteiger partial charge in [0.15, 0.2) is 0 Å². The van der Waals surface area contributed by atoms with Crippen molar-refractivity contribution < 1.29 is 13.2 Å². The molecule has 0 unspecified atom stereocenters. The summed E-state index contributed by atoms with van der Waals surface area (Å²) in [5.41, 5.74) is 1.19. The summed E-state index contributed by atoms with van der Waals surface area (Å²) < 4.78 is 29.4. The molecule has 1 saturated heterocycles. The average Bonchev–Trinajstić information content (AvgIpc) is 3.24. The van der Waals surface area contributed by atoms with E-state index in [1.807, 2.05) is 48.1 Å². The van der Waals surface area contributed by atoms with Crippen LogP contribution in [0.25, 0.3) is 0 Å². The Bertz CT molecular complexity index is 1150. The van der Waals surface area contributed by atoms with Crippen molar-refractivity contribution in [1.82, 2.24) is 19.2 Å². The number of hydrogen-bond donors (Lipinski definition) is 1. The molecule has 2 heterocycles. The second-order valence-electron chi connectivity index (χ2n) is 7.71. The van der Waals surface area contributed by atoms with Crippen molar-refractivity contribution in [3.05, 3.63) is 83.9 Å². The molecule has 8 heteroatoms. The molecule has 7 nitrogen and oxygen atoms in total. The van der Waals surface area contributed by atoms with Gasteiger partial charge in [-0.1, -0.05) is 42.8 Å². The fourth-order valence-electron chi connectivity index (χ4n) is 3.86. The number of hydrogen-bond acceptors (Lipinski definition) is 4. The van der Waals surface area contributed by atoms with Crippen LogP contribution in [0.3, 0.4) is 0 Å². The van der Waals surface area contributed by atoms with Gasteiger partial charge in [-0.15, -0.1) is 0 Å². The van der Waals surface area contributed by atoms with Crippen molar-refractivity contribution in [2.75, 3.05) is 13.1 Å². The van der Waals surface area contributed by atoms with Gasteiger partial charge in [0.1, 0.15) is 11.9 Å². The number of aryl methyl sites for hydroxylation is 1. The van der Waals surface area contributed by atoms with Crippen LogP contribution in [-0.2, 0) is 17.1 Å². The van der Waals surface area contributed by atoms with Gasteiger partial charge < -0.3 is 9.88 Å². The predicted molar refractivity (Wildman–Crippen MR) is 118 cm³/mol. The Hall–Kier alpha value is -2.97. The first kappa shape index (κ1) is 21.3. The molecule has 1 aromatic heterocycles. The molecule has 1 fully saturated rings. The smallest absolute Gasteiger partial charge is 0.252 e. The molecule has 2 aromatic carbocycles. The van der Waals surface area contributed by atoms with Gasteiger partial charge in [0.05, 0.1) is 4.90 Å². The molecule has 0 radical (unpaired) electrons. The minimum Gasteiger partial charge on any atom is -0.338 e. The van der Waals surface area contributed by atoms with Crippen LogP contribution < -0.4 is 5.32 Å². The Morgan fingerprint density at radius 2 is 1.77 bits per heavy atom. The van der Waals surface area contributed by atoms with Crippen LogP contribution in [0.4, 0.5) is 0 Å². The van der Waals surface area contributed by atoms with Crippen molar-refractivity contribution in [3.8, 4) is 0 Å². The highest BCUT2D eigenvalue weighted by molar-refractivity contribution is 7.89. The van der Waals surface area contributed by atoms with Crippen LogP contribution >= 0.6 is 0 Å². The van der Waals surface area contributed by atoms with E-state index >= 15 is 0 Å². The number of sulfonamides is 1. The van der Waals surface area contributed by atoms with E-state index in [2.05, 4.69) is 10.3 Å². The number of aromatic nitrogens is 2. The number of benzene rings is 2. The van der Waals surface area contributed by atoms with Crippen LogP contribution in [0.15, 0.2) is 71.9 Å². The van der Waals surface area contributed by atoms with Crippen LogP contribution in [0.2, 0.25) is 0 Å². The van der Waals surface area contributed by atoms with Crippen LogP contribution in [0.5, 0.6) is 0 Å². The van der Waals surface area contributed by atoms with Crippen LogP contribution in [-0.4, -0.2) is 41.3 Å². The zero-order valence-electron chi connectivity index (χ0n) is 17.4. The zero-order valence-corrected chi connectivity index (χ0v) is 18.3. The Kier molecular flexibility index (Phi) is 6.20. The standard InChI is InChI=1S/C23H26N4O3S/c1-26-16-13-24-22(26)21(18-9-4-2-5-10-18)25-23(28)19-11-8-12-20(17-19)31(29,30)27-14-6-3-7-15-27/h2,4-5,8-13,16-17,21H,3,6-7,14-15H2,1H3,(H,25,28)/t21-/m1/s1. The SMILES string of the molecule is Cn1ccnc1[C@H](NC(=O)c1cccc(S(=O)(=O)N2CCCCC2)c1)c1ccccc1. The number of imidazole rings is 1. The molecule has 162 valence electrons. The van der Waals surface area contributed by atoms with Gasteiger partial charge in [0, 0.05) is 38.1 Å². The molecule has 31 heavy (non-hydrogen) atoms. The average molecular weight is 439 g/mol. The van der Waals surface area contributed by atoms with Crippen LogP contribution in [0.1, 0.15) is 47.1 Å². The van der Waals surface area contributed by atoms with E-state index in [4.69, 9.17) is 0 Å². The Balaban J connectivity index is 1.62. The molecular formula is C23H26N4O3S. The third kappa shape index (κ3) is 4.55. The molecular weight excluding hydrogens is 412 g/mol. The van der Waals surface area contributed by atoms with Gasteiger partial charge in [-0.05, 0) is 36.6 Å². The molecule has 1 amide bonds. The van der Waals surface area contributed by atoms with E-state index in [0.717, 1.165) is 24.8 Å². The largest absolute Gasteiger partial charge is 0.338 e. The first-order valence-corrected chi connectivity index (χ1v) is 11.8. The second kappa shape index (κ2) is 9.03.